The smallest absolute Gasteiger partial charge is 0.123 e. The topological polar surface area (TPSA) is 24.9 Å². The van der Waals surface area contributed by atoms with Gasteiger partial charge in [0.1, 0.15) is 5.82 Å². The van der Waals surface area contributed by atoms with E-state index in [1.165, 1.54) is 17.2 Å². The fourth-order valence-corrected chi connectivity index (χ4v) is 2.32. The van der Waals surface area contributed by atoms with Crippen LogP contribution in [0.4, 0.5) is 4.39 Å². The summed E-state index contributed by atoms with van der Waals surface area (Å²) in [6.45, 7) is 4.03. The minimum Gasteiger partial charge on any atom is -0.313 e. The van der Waals surface area contributed by atoms with Gasteiger partial charge in [-0.3, -0.25) is 4.98 Å². The largest absolute Gasteiger partial charge is 0.313 e. The lowest BCUT2D eigenvalue weighted by atomic mass is 9.95. The first kappa shape index (κ1) is 13.7. The van der Waals surface area contributed by atoms with Crippen LogP contribution in [-0.4, -0.2) is 12.0 Å². The van der Waals surface area contributed by atoms with Crippen molar-refractivity contribution in [1.82, 2.24) is 10.3 Å². The van der Waals surface area contributed by atoms with E-state index in [4.69, 9.17) is 0 Å². The molecule has 1 aromatic carbocycles. The summed E-state index contributed by atoms with van der Waals surface area (Å²) in [7, 11) is 1.94. The Morgan fingerprint density at radius 2 is 2.00 bits per heavy atom. The van der Waals surface area contributed by atoms with Crippen molar-refractivity contribution < 1.29 is 4.39 Å². The summed E-state index contributed by atoms with van der Waals surface area (Å²) in [6.07, 6.45) is 4.53. The third kappa shape index (κ3) is 3.18. The molecule has 0 aliphatic heterocycles. The van der Waals surface area contributed by atoms with Crippen LogP contribution in [0.1, 0.15) is 28.3 Å². The molecule has 3 heteroatoms. The van der Waals surface area contributed by atoms with Crippen LogP contribution in [0.25, 0.3) is 0 Å². The molecule has 0 saturated heterocycles. The summed E-state index contributed by atoms with van der Waals surface area (Å²) in [5.74, 6) is -0.181. The second kappa shape index (κ2) is 5.93. The minimum absolute atomic E-state index is 0.181. The van der Waals surface area contributed by atoms with Crippen LogP contribution in [0.2, 0.25) is 0 Å². The molecule has 0 aliphatic carbocycles. The van der Waals surface area contributed by atoms with Gasteiger partial charge in [-0.15, -0.1) is 0 Å². The lowest BCUT2D eigenvalue weighted by Gasteiger charge is -2.19. The van der Waals surface area contributed by atoms with E-state index in [9.17, 15) is 4.39 Å². The van der Waals surface area contributed by atoms with E-state index in [2.05, 4.69) is 17.2 Å². The molecule has 0 aliphatic rings. The van der Waals surface area contributed by atoms with E-state index in [0.717, 1.165) is 17.5 Å². The van der Waals surface area contributed by atoms with Gasteiger partial charge in [-0.05, 0) is 67.8 Å². The predicted molar refractivity (Wildman–Crippen MR) is 75.6 cm³/mol. The van der Waals surface area contributed by atoms with Gasteiger partial charge >= 0.3 is 0 Å². The Morgan fingerprint density at radius 1 is 1.21 bits per heavy atom. The Hall–Kier alpha value is -1.74. The van der Waals surface area contributed by atoms with E-state index >= 15 is 0 Å². The second-order valence-corrected chi connectivity index (χ2v) is 4.85. The molecule has 0 saturated carbocycles. The lowest BCUT2D eigenvalue weighted by Crippen LogP contribution is -2.20. The molecule has 0 bridgehead atoms. The minimum atomic E-state index is -0.181. The maximum absolute atomic E-state index is 13.1. The molecule has 0 spiro atoms. The van der Waals surface area contributed by atoms with Crippen LogP contribution in [0, 0.1) is 19.7 Å². The van der Waals surface area contributed by atoms with Gasteiger partial charge in [-0.1, -0.05) is 6.07 Å². The number of likely N-dealkylation sites (N-methyl/N-ethyl adjacent to an activating group) is 1. The number of nitrogens with zero attached hydrogens (tertiary/aromatic N) is 1. The van der Waals surface area contributed by atoms with Crippen molar-refractivity contribution in [2.24, 2.45) is 0 Å². The zero-order valence-electron chi connectivity index (χ0n) is 11.6. The zero-order valence-corrected chi connectivity index (χ0v) is 11.6. The summed E-state index contributed by atoms with van der Waals surface area (Å²) in [5.41, 5.74) is 4.55. The first-order valence-electron chi connectivity index (χ1n) is 6.44. The van der Waals surface area contributed by atoms with Gasteiger partial charge in [-0.2, -0.15) is 0 Å². The lowest BCUT2D eigenvalue weighted by molar-refractivity contribution is 0.582. The number of rotatable bonds is 4. The fourth-order valence-electron chi connectivity index (χ4n) is 2.32. The molecule has 1 atom stereocenters. The first-order chi connectivity index (χ1) is 9.11. The summed E-state index contributed by atoms with van der Waals surface area (Å²) in [5, 5.41) is 3.32. The van der Waals surface area contributed by atoms with E-state index in [-0.39, 0.29) is 11.9 Å². The van der Waals surface area contributed by atoms with Crippen molar-refractivity contribution in [2.75, 3.05) is 7.05 Å². The molecular formula is C16H19FN2. The first-order valence-corrected chi connectivity index (χ1v) is 6.44. The van der Waals surface area contributed by atoms with Gasteiger partial charge in [0, 0.05) is 18.4 Å². The van der Waals surface area contributed by atoms with Crippen LogP contribution in [0.5, 0.6) is 0 Å². The number of benzene rings is 1. The summed E-state index contributed by atoms with van der Waals surface area (Å²) >= 11 is 0. The van der Waals surface area contributed by atoms with Crippen molar-refractivity contribution in [2.45, 2.75) is 26.3 Å². The van der Waals surface area contributed by atoms with Crippen molar-refractivity contribution in [3.8, 4) is 0 Å². The molecule has 2 rings (SSSR count). The molecule has 1 heterocycles. The highest BCUT2D eigenvalue weighted by molar-refractivity contribution is 5.31. The predicted octanol–water partition coefficient (Wildman–Crippen LogP) is 3.34. The molecule has 1 unspecified atom stereocenters. The van der Waals surface area contributed by atoms with Gasteiger partial charge < -0.3 is 5.32 Å². The Balaban J connectivity index is 2.27. The van der Waals surface area contributed by atoms with Gasteiger partial charge in [0.05, 0.1) is 0 Å². The van der Waals surface area contributed by atoms with Gasteiger partial charge in [0.2, 0.25) is 0 Å². The highest BCUT2D eigenvalue weighted by atomic mass is 19.1. The second-order valence-electron chi connectivity index (χ2n) is 4.85. The molecule has 1 N–H and O–H groups in total. The number of hydrogen-bond acceptors (Lipinski definition) is 2. The average Bonchev–Trinajstić information content (AvgIpc) is 2.39. The van der Waals surface area contributed by atoms with Gasteiger partial charge in [0.25, 0.3) is 0 Å². The fraction of sp³-hybridized carbons (Fsp3) is 0.312. The molecule has 2 aromatic rings. The zero-order chi connectivity index (χ0) is 13.8. The van der Waals surface area contributed by atoms with Crippen molar-refractivity contribution >= 4 is 0 Å². The SMILES string of the molecule is CNC(Cc1ccc(F)cc1C)c1cnccc1C. The maximum Gasteiger partial charge on any atom is 0.123 e. The third-order valence-corrected chi connectivity index (χ3v) is 3.53. The highest BCUT2D eigenvalue weighted by Gasteiger charge is 2.14. The van der Waals surface area contributed by atoms with E-state index in [1.54, 1.807) is 12.3 Å². The van der Waals surface area contributed by atoms with Crippen LogP contribution in [0.3, 0.4) is 0 Å². The Labute approximate surface area is 113 Å². The van der Waals surface area contributed by atoms with Crippen LogP contribution in [0.15, 0.2) is 36.7 Å². The van der Waals surface area contributed by atoms with Gasteiger partial charge in [-0.25, -0.2) is 4.39 Å². The Kier molecular flexibility index (Phi) is 4.27. The molecule has 2 nitrogen and oxygen atoms in total. The van der Waals surface area contributed by atoms with Crippen LogP contribution < -0.4 is 5.32 Å². The molecule has 1 aromatic heterocycles. The van der Waals surface area contributed by atoms with E-state index < -0.39 is 0 Å². The number of nitrogens with one attached hydrogen (secondary N) is 1. The van der Waals surface area contributed by atoms with E-state index in [0.29, 0.717) is 0 Å². The monoisotopic (exact) mass is 258 g/mol. The number of pyridine rings is 1. The molecule has 0 fully saturated rings. The number of halogens is 1. The molecular weight excluding hydrogens is 239 g/mol. The average molecular weight is 258 g/mol. The summed E-state index contributed by atoms with van der Waals surface area (Å²) in [6, 6.07) is 7.17. The number of hydrogen-bond donors (Lipinski definition) is 1. The molecule has 100 valence electrons. The van der Waals surface area contributed by atoms with Crippen LogP contribution >= 0.6 is 0 Å². The molecule has 19 heavy (non-hydrogen) atoms. The summed E-state index contributed by atoms with van der Waals surface area (Å²) in [4.78, 5) is 4.19. The van der Waals surface area contributed by atoms with Crippen molar-refractivity contribution in [3.05, 3.63) is 64.7 Å². The molecule has 0 radical (unpaired) electrons. The third-order valence-electron chi connectivity index (χ3n) is 3.53. The Bertz CT molecular complexity index is 566. The van der Waals surface area contributed by atoms with Crippen molar-refractivity contribution in [1.29, 1.82) is 0 Å². The maximum atomic E-state index is 13.1. The number of aromatic nitrogens is 1. The van der Waals surface area contributed by atoms with E-state index in [1.807, 2.05) is 32.3 Å². The van der Waals surface area contributed by atoms with Crippen LogP contribution in [-0.2, 0) is 6.42 Å². The number of aryl methyl sites for hydroxylation is 2. The standard InChI is InChI=1S/C16H19FN2/c1-11-6-7-19-10-15(11)16(18-3)9-13-4-5-14(17)8-12(13)2/h4-8,10,16,18H,9H2,1-3H3. The Morgan fingerprint density at radius 3 is 2.63 bits per heavy atom. The molecule has 0 amide bonds. The summed E-state index contributed by atoms with van der Waals surface area (Å²) < 4.78 is 13.1. The normalized spacial score (nSPS) is 12.4. The highest BCUT2D eigenvalue weighted by Crippen LogP contribution is 2.22. The van der Waals surface area contributed by atoms with Crippen molar-refractivity contribution in [3.63, 3.8) is 0 Å². The van der Waals surface area contributed by atoms with Gasteiger partial charge in [0.15, 0.2) is 0 Å². The quantitative estimate of drug-likeness (QED) is 0.909.